The molecule has 1 unspecified atom stereocenters. The Hall–Kier alpha value is -3.86. The van der Waals surface area contributed by atoms with Gasteiger partial charge in [-0.1, -0.05) is 12.1 Å². The van der Waals surface area contributed by atoms with E-state index in [9.17, 15) is 39.3 Å². The van der Waals surface area contributed by atoms with Crippen molar-refractivity contribution in [1.82, 2.24) is 14.7 Å². The number of rotatable bonds is 19. The van der Waals surface area contributed by atoms with Crippen LogP contribution in [0.1, 0.15) is 5.56 Å². The molecule has 16 heteroatoms. The van der Waals surface area contributed by atoms with Gasteiger partial charge in [0.2, 0.25) is 0 Å². The topological polar surface area (TPSA) is 234 Å². The number of hydrogen-bond acceptors (Lipinski definition) is 9. The summed E-state index contributed by atoms with van der Waals surface area (Å²) >= 11 is 4.79. The zero-order chi connectivity index (χ0) is 28.8. The molecule has 15 nitrogen and oxygen atoms in total. The number of nitrogens with two attached hydrogens (primary N) is 1. The first-order valence-corrected chi connectivity index (χ1v) is 11.6. The first-order chi connectivity index (χ1) is 17.7. The summed E-state index contributed by atoms with van der Waals surface area (Å²) in [5, 5.41) is 49.0. The fourth-order valence-corrected chi connectivity index (χ4v) is 3.83. The van der Waals surface area contributed by atoms with Crippen LogP contribution in [0.5, 0.6) is 0 Å². The van der Waals surface area contributed by atoms with Gasteiger partial charge in [0, 0.05) is 31.4 Å². The summed E-state index contributed by atoms with van der Waals surface area (Å²) in [6.07, 6.45) is 0.137. The van der Waals surface area contributed by atoms with E-state index < -0.39 is 68.6 Å². The van der Waals surface area contributed by atoms with Gasteiger partial charge in [-0.05, 0) is 36.3 Å². The van der Waals surface area contributed by atoms with Crippen molar-refractivity contribution in [1.29, 1.82) is 0 Å². The van der Waals surface area contributed by atoms with Gasteiger partial charge in [0.05, 0.1) is 32.7 Å². The summed E-state index contributed by atoms with van der Waals surface area (Å²) < 4.78 is 0. The van der Waals surface area contributed by atoms with Crippen LogP contribution in [0.15, 0.2) is 24.3 Å². The minimum atomic E-state index is -1.29. The third kappa shape index (κ3) is 14.0. The van der Waals surface area contributed by atoms with Gasteiger partial charge >= 0.3 is 29.8 Å². The molecule has 0 amide bonds. The van der Waals surface area contributed by atoms with Crippen LogP contribution in [0.4, 0.5) is 5.69 Å². The molecule has 0 saturated heterocycles. The van der Waals surface area contributed by atoms with Gasteiger partial charge < -0.3 is 36.6 Å². The zero-order valence-corrected chi connectivity index (χ0v) is 21.2. The van der Waals surface area contributed by atoms with Crippen LogP contribution in [0, 0.1) is 0 Å². The van der Waals surface area contributed by atoms with Crippen molar-refractivity contribution in [2.45, 2.75) is 12.5 Å². The van der Waals surface area contributed by atoms with Crippen molar-refractivity contribution in [3.05, 3.63) is 29.8 Å². The summed E-state index contributed by atoms with van der Waals surface area (Å²) in [5.41, 5.74) is 6.72. The van der Waals surface area contributed by atoms with Gasteiger partial charge in [0.25, 0.3) is 0 Å². The molecule has 0 spiro atoms. The van der Waals surface area contributed by atoms with Crippen LogP contribution >= 0.6 is 12.2 Å². The lowest BCUT2D eigenvalue weighted by molar-refractivity contribution is -0.144. The maximum atomic E-state index is 11.5. The molecule has 0 aromatic heterocycles. The van der Waals surface area contributed by atoms with Gasteiger partial charge in [-0.15, -0.1) is 0 Å². The molecule has 1 atom stereocenters. The highest BCUT2D eigenvalue weighted by molar-refractivity contribution is 7.80. The number of carbonyl (C=O) groups is 5. The van der Waals surface area contributed by atoms with Gasteiger partial charge in [-0.3, -0.25) is 38.7 Å². The van der Waals surface area contributed by atoms with Gasteiger partial charge in [0.15, 0.2) is 5.11 Å². The van der Waals surface area contributed by atoms with E-state index in [-0.39, 0.29) is 31.2 Å². The van der Waals surface area contributed by atoms with E-state index >= 15 is 0 Å². The molecule has 1 rings (SSSR count). The quantitative estimate of drug-likeness (QED) is 0.0967. The number of carboxylic acids is 5. The Bertz CT molecular complexity index is 975. The Morgan fingerprint density at radius 3 is 1.58 bits per heavy atom. The molecular formula is C22H31N5O10S. The van der Waals surface area contributed by atoms with Crippen molar-refractivity contribution in [2.24, 2.45) is 5.73 Å². The standard InChI is InChI=1S/C22H31N5O10S/c23-22(38)24-15-3-1-14(2-4-15)7-16(27(12-20(34)35)13-21(36)37)8-25(9-17(28)29)5-6-26(10-18(30)31)11-19(32)33/h1-4,16H,5-13H2,(H,28,29)(H,30,31)(H,32,33)(H,34,35)(H,36,37)(H3,23,24,38). The van der Waals surface area contributed by atoms with Crippen LogP contribution in [0.3, 0.4) is 0 Å². The molecule has 0 aliphatic carbocycles. The van der Waals surface area contributed by atoms with E-state index in [0.29, 0.717) is 11.3 Å². The molecule has 0 fully saturated rings. The third-order valence-electron chi connectivity index (χ3n) is 5.16. The highest BCUT2D eigenvalue weighted by Crippen LogP contribution is 2.15. The molecule has 8 N–H and O–H groups in total. The number of anilines is 1. The summed E-state index contributed by atoms with van der Waals surface area (Å²) in [6, 6.07) is 5.92. The lowest BCUT2D eigenvalue weighted by Gasteiger charge is -2.34. The van der Waals surface area contributed by atoms with Gasteiger partial charge in [0.1, 0.15) is 0 Å². The summed E-state index contributed by atoms with van der Waals surface area (Å²) in [7, 11) is 0. The second-order valence-corrected chi connectivity index (χ2v) is 8.80. The van der Waals surface area contributed by atoms with Crippen LogP contribution in [0.25, 0.3) is 0 Å². The van der Waals surface area contributed by atoms with E-state index in [1.54, 1.807) is 24.3 Å². The van der Waals surface area contributed by atoms with Crippen molar-refractivity contribution in [3.63, 3.8) is 0 Å². The fraction of sp³-hybridized carbons (Fsp3) is 0.455. The second-order valence-electron chi connectivity index (χ2n) is 8.36. The molecule has 0 bridgehead atoms. The Morgan fingerprint density at radius 2 is 1.16 bits per heavy atom. The van der Waals surface area contributed by atoms with E-state index in [4.69, 9.17) is 28.2 Å². The third-order valence-corrected chi connectivity index (χ3v) is 5.27. The molecule has 0 saturated carbocycles. The maximum Gasteiger partial charge on any atom is 0.317 e. The predicted octanol–water partition coefficient (Wildman–Crippen LogP) is -1.42. The number of thiocarbonyl (C=S) groups is 1. The van der Waals surface area contributed by atoms with Crippen molar-refractivity contribution < 1.29 is 49.5 Å². The number of nitrogens with one attached hydrogen (secondary N) is 1. The molecule has 1 aromatic rings. The number of carboxylic acid groups (broad SMARTS) is 5. The first kappa shape index (κ1) is 32.2. The van der Waals surface area contributed by atoms with Crippen LogP contribution in [0.2, 0.25) is 0 Å². The minimum Gasteiger partial charge on any atom is -0.480 e. The van der Waals surface area contributed by atoms with Crippen LogP contribution in [-0.2, 0) is 30.4 Å². The monoisotopic (exact) mass is 557 g/mol. The zero-order valence-electron chi connectivity index (χ0n) is 20.4. The Labute approximate surface area is 223 Å². The van der Waals surface area contributed by atoms with Crippen LogP contribution < -0.4 is 11.1 Å². The Morgan fingerprint density at radius 1 is 0.737 bits per heavy atom. The number of aliphatic carboxylic acids is 5. The smallest absolute Gasteiger partial charge is 0.317 e. The predicted molar refractivity (Wildman–Crippen MR) is 137 cm³/mol. The Kier molecular flexibility index (Phi) is 13.6. The molecule has 0 aliphatic heterocycles. The molecule has 1 aromatic carbocycles. The number of benzene rings is 1. The molecule has 38 heavy (non-hydrogen) atoms. The number of nitrogens with zero attached hydrogens (tertiary/aromatic N) is 3. The Balaban J connectivity index is 3.23. The van der Waals surface area contributed by atoms with Crippen molar-refractivity contribution in [3.8, 4) is 0 Å². The normalized spacial score (nSPS) is 11.9. The van der Waals surface area contributed by atoms with E-state index in [2.05, 4.69) is 5.32 Å². The molecular weight excluding hydrogens is 526 g/mol. The lowest BCUT2D eigenvalue weighted by atomic mass is 10.0. The van der Waals surface area contributed by atoms with E-state index in [1.807, 2.05) is 0 Å². The highest BCUT2D eigenvalue weighted by atomic mass is 32.1. The highest BCUT2D eigenvalue weighted by Gasteiger charge is 2.27. The first-order valence-electron chi connectivity index (χ1n) is 11.2. The SMILES string of the molecule is NC(=S)Nc1ccc(CC(CN(CCN(CC(=O)O)CC(=O)O)CC(=O)O)N(CC(=O)O)CC(=O)O)cc1. The average molecular weight is 558 g/mol. The summed E-state index contributed by atoms with van der Waals surface area (Å²) in [4.78, 5) is 60.4. The number of hydrogen-bond donors (Lipinski definition) is 7. The molecule has 210 valence electrons. The lowest BCUT2D eigenvalue weighted by Crippen LogP contribution is -2.51. The van der Waals surface area contributed by atoms with E-state index in [0.717, 1.165) is 4.90 Å². The average Bonchev–Trinajstić information content (AvgIpc) is 2.75. The van der Waals surface area contributed by atoms with Gasteiger partial charge in [-0.25, -0.2) is 0 Å². The fourth-order valence-electron chi connectivity index (χ4n) is 3.71. The molecule has 0 radical (unpaired) electrons. The van der Waals surface area contributed by atoms with Crippen molar-refractivity contribution in [2.75, 3.05) is 57.7 Å². The second kappa shape index (κ2) is 16.1. The summed E-state index contributed by atoms with van der Waals surface area (Å²) in [6.45, 7) is -3.28. The maximum absolute atomic E-state index is 11.5. The largest absolute Gasteiger partial charge is 0.480 e. The minimum absolute atomic E-state index is 0.0499. The molecule has 0 heterocycles. The van der Waals surface area contributed by atoms with E-state index in [1.165, 1.54) is 9.80 Å². The molecule has 0 aliphatic rings. The van der Waals surface area contributed by atoms with Crippen molar-refractivity contribution >= 4 is 52.9 Å². The van der Waals surface area contributed by atoms with Gasteiger partial charge in [-0.2, -0.15) is 0 Å². The summed E-state index contributed by atoms with van der Waals surface area (Å²) in [5.74, 6) is -6.34. The van der Waals surface area contributed by atoms with Crippen LogP contribution in [-0.4, -0.2) is 134 Å².